The number of carboxylic acids is 2. The number of anilines is 1. The van der Waals surface area contributed by atoms with Crippen LogP contribution in [0.15, 0.2) is 18.2 Å². The summed E-state index contributed by atoms with van der Waals surface area (Å²) < 4.78 is 0. The summed E-state index contributed by atoms with van der Waals surface area (Å²) in [4.78, 5) is 22.2. The molecule has 0 fully saturated rings. The first-order chi connectivity index (χ1) is 13.9. The first-order valence-electron chi connectivity index (χ1n) is 11.3. The van der Waals surface area contributed by atoms with Crippen molar-refractivity contribution in [3.05, 3.63) is 29.3 Å². The van der Waals surface area contributed by atoms with Gasteiger partial charge in [0.15, 0.2) is 0 Å². The van der Waals surface area contributed by atoms with Crippen LogP contribution in [0.2, 0.25) is 0 Å². The van der Waals surface area contributed by atoms with Crippen molar-refractivity contribution in [2.45, 2.75) is 90.9 Å². The average molecular weight is 454 g/mol. The molecule has 0 bridgehead atoms. The molecule has 0 aliphatic rings. The maximum Gasteiger partial charge on any atom is 1.00 e. The predicted octanol–water partition coefficient (Wildman–Crippen LogP) is 1.07. The fourth-order valence-corrected chi connectivity index (χ4v) is 3.48. The van der Waals surface area contributed by atoms with Crippen molar-refractivity contribution in [3.8, 4) is 0 Å². The second-order valence-electron chi connectivity index (χ2n) is 8.41. The van der Waals surface area contributed by atoms with E-state index in [1.54, 1.807) is 0 Å². The van der Waals surface area contributed by atoms with E-state index in [4.69, 9.17) is 10.2 Å². The van der Waals surface area contributed by atoms with Crippen LogP contribution in [0, 0.1) is 5.92 Å². The summed E-state index contributed by atoms with van der Waals surface area (Å²) in [6, 6.07) is 4.15. The molecule has 0 spiro atoms. The number of carbonyl (C=O) groups is 2. The van der Waals surface area contributed by atoms with Gasteiger partial charge in [0.2, 0.25) is 0 Å². The number of unbranched alkanes of at least 4 members (excludes halogenated alkanes) is 10. The zero-order chi connectivity index (χ0) is 21.5. The van der Waals surface area contributed by atoms with Crippen LogP contribution in [0.5, 0.6) is 0 Å². The Hall–Kier alpha value is -0.0400. The van der Waals surface area contributed by atoms with Crippen LogP contribution < -0.4 is 64.4 Å². The normalized spacial score (nSPS) is 10.3. The van der Waals surface area contributed by atoms with E-state index in [0.717, 1.165) is 25.3 Å². The Morgan fingerprint density at radius 2 is 1.13 bits per heavy atom. The van der Waals surface area contributed by atoms with Crippen molar-refractivity contribution in [1.82, 2.24) is 0 Å². The minimum Gasteiger partial charge on any atom is -1.00 e. The zero-order valence-corrected chi connectivity index (χ0v) is 24.2. The Kier molecular flexibility index (Phi) is 22.0. The molecule has 31 heavy (non-hydrogen) atoms. The van der Waals surface area contributed by atoms with E-state index in [1.165, 1.54) is 82.4 Å². The van der Waals surface area contributed by atoms with Crippen LogP contribution in [0.1, 0.15) is 114 Å². The van der Waals surface area contributed by atoms with Gasteiger partial charge in [-0.15, -0.1) is 0 Å². The van der Waals surface area contributed by atoms with Crippen LogP contribution in [0.4, 0.5) is 5.69 Å². The van der Waals surface area contributed by atoms with E-state index < -0.39 is 11.9 Å². The average Bonchev–Trinajstić information content (AvgIpc) is 2.67. The van der Waals surface area contributed by atoms with Crippen molar-refractivity contribution in [2.75, 3.05) is 11.9 Å². The smallest absolute Gasteiger partial charge is 1.00 e. The van der Waals surface area contributed by atoms with Gasteiger partial charge < -0.3 is 18.4 Å². The molecule has 7 heteroatoms. The second kappa shape index (κ2) is 20.6. The van der Waals surface area contributed by atoms with Gasteiger partial charge in [0.25, 0.3) is 0 Å². The molecule has 1 rings (SSSR count). The third-order valence-electron chi connectivity index (χ3n) is 5.21. The summed E-state index contributed by atoms with van der Waals surface area (Å²) in [6.07, 6.45) is 15.5. The van der Waals surface area contributed by atoms with E-state index in [9.17, 15) is 9.59 Å². The molecule has 0 amide bonds. The molecule has 0 saturated carbocycles. The van der Waals surface area contributed by atoms with Crippen molar-refractivity contribution < 1.29 is 81.8 Å². The van der Waals surface area contributed by atoms with Crippen LogP contribution in [0.25, 0.3) is 0 Å². The molecule has 5 nitrogen and oxygen atoms in total. The topological polar surface area (TPSA) is 86.6 Å². The molecule has 168 valence electrons. The van der Waals surface area contributed by atoms with E-state index in [1.807, 2.05) is 0 Å². The van der Waals surface area contributed by atoms with Crippen molar-refractivity contribution in [1.29, 1.82) is 0 Å². The maximum absolute atomic E-state index is 11.1. The minimum atomic E-state index is -1.12. The Labute approximate surface area is 235 Å². The van der Waals surface area contributed by atoms with Gasteiger partial charge in [0.1, 0.15) is 0 Å². The van der Waals surface area contributed by atoms with Gasteiger partial charge in [-0.2, -0.15) is 0 Å². The molecule has 3 N–H and O–H groups in total. The summed E-state index contributed by atoms with van der Waals surface area (Å²) in [7, 11) is 0. The van der Waals surface area contributed by atoms with Crippen LogP contribution >= 0.6 is 0 Å². The fourth-order valence-electron chi connectivity index (χ4n) is 3.48. The number of rotatable bonds is 17. The molecule has 0 saturated heterocycles. The van der Waals surface area contributed by atoms with Gasteiger partial charge in [-0.3, -0.25) is 0 Å². The van der Waals surface area contributed by atoms with Gasteiger partial charge in [0.05, 0.1) is 11.1 Å². The maximum atomic E-state index is 11.1. The Bertz CT molecular complexity index is 602. The molecule has 0 atom stereocenters. The summed E-state index contributed by atoms with van der Waals surface area (Å²) in [5, 5.41) is 21.3. The standard InChI is InChI=1S/C24H39NO4.2Na.2H/c1-19(2)14-12-10-8-6-4-3-5-7-9-11-13-15-25-22-17-20(23(26)27)16-21(18-22)24(28)29;;;;/h16-19,25H,3-15H2,1-2H3,(H,26,27)(H,28,29);;;;/q;2*+1;2*-1. The largest absolute Gasteiger partial charge is 1.00 e. The van der Waals surface area contributed by atoms with Gasteiger partial charge >= 0.3 is 71.1 Å². The Balaban J connectivity index is -0.00000105. The van der Waals surface area contributed by atoms with Gasteiger partial charge in [0, 0.05) is 12.2 Å². The van der Waals surface area contributed by atoms with E-state index >= 15 is 0 Å². The summed E-state index contributed by atoms with van der Waals surface area (Å²) in [5.41, 5.74) is 0.537. The molecular weight excluding hydrogens is 412 g/mol. The monoisotopic (exact) mass is 453 g/mol. The van der Waals surface area contributed by atoms with Gasteiger partial charge in [-0.25, -0.2) is 9.59 Å². The van der Waals surface area contributed by atoms with E-state index in [-0.39, 0.29) is 73.1 Å². The van der Waals surface area contributed by atoms with Gasteiger partial charge in [-0.1, -0.05) is 84.5 Å². The fraction of sp³-hybridized carbons (Fsp3) is 0.667. The molecule has 0 aliphatic heterocycles. The molecule has 1 aromatic rings. The Morgan fingerprint density at radius 3 is 1.52 bits per heavy atom. The van der Waals surface area contributed by atoms with Crippen molar-refractivity contribution >= 4 is 17.6 Å². The molecule has 0 aromatic heterocycles. The zero-order valence-electron chi connectivity index (χ0n) is 22.2. The molecule has 0 aliphatic carbocycles. The predicted molar refractivity (Wildman–Crippen MR) is 121 cm³/mol. The third-order valence-corrected chi connectivity index (χ3v) is 5.21. The van der Waals surface area contributed by atoms with Crippen molar-refractivity contribution in [3.63, 3.8) is 0 Å². The van der Waals surface area contributed by atoms with Crippen LogP contribution in [-0.2, 0) is 0 Å². The van der Waals surface area contributed by atoms with Crippen LogP contribution in [0.3, 0.4) is 0 Å². The van der Waals surface area contributed by atoms with E-state index in [2.05, 4.69) is 19.2 Å². The summed E-state index contributed by atoms with van der Waals surface area (Å²) in [6.45, 7) is 5.31. The number of carboxylic acid groups (broad SMARTS) is 2. The molecular formula is C24H41NNa2O4. The molecule has 0 unspecified atom stereocenters. The summed E-state index contributed by atoms with van der Waals surface area (Å²) >= 11 is 0. The first kappa shape index (κ1) is 33.1. The SMILES string of the molecule is CC(C)CCCCCCCCCCCCCNc1cc(C(=O)O)cc(C(=O)O)c1.[H-].[H-].[Na+].[Na+]. The number of benzene rings is 1. The number of hydrogen-bond donors (Lipinski definition) is 3. The first-order valence-corrected chi connectivity index (χ1v) is 11.3. The van der Waals surface area contributed by atoms with Crippen molar-refractivity contribution in [2.24, 2.45) is 5.92 Å². The molecule has 0 radical (unpaired) electrons. The third kappa shape index (κ3) is 17.1. The van der Waals surface area contributed by atoms with Gasteiger partial charge in [-0.05, 0) is 30.5 Å². The minimum absolute atomic E-state index is 0. The quantitative estimate of drug-likeness (QED) is 0.243. The Morgan fingerprint density at radius 1 is 0.742 bits per heavy atom. The van der Waals surface area contributed by atoms with Crippen LogP contribution in [-0.4, -0.2) is 28.7 Å². The molecule has 0 heterocycles. The van der Waals surface area contributed by atoms with E-state index in [0.29, 0.717) is 5.69 Å². The second-order valence-corrected chi connectivity index (χ2v) is 8.41. The number of hydrogen-bond acceptors (Lipinski definition) is 3. The number of nitrogens with one attached hydrogen (secondary N) is 1. The number of aromatic carboxylic acids is 2. The summed E-state index contributed by atoms with van der Waals surface area (Å²) in [5.74, 6) is -1.40. The molecule has 1 aromatic carbocycles.